The lowest BCUT2D eigenvalue weighted by Gasteiger charge is -2.16. The first-order chi connectivity index (χ1) is 15.0. The molecule has 0 aliphatic carbocycles. The maximum absolute atomic E-state index is 10.3. The van der Waals surface area contributed by atoms with Crippen LogP contribution in [0.2, 0.25) is 0 Å². The van der Waals surface area contributed by atoms with Crippen LogP contribution >= 0.6 is 0 Å². The zero-order valence-corrected chi connectivity index (χ0v) is 16.8. The first-order valence-corrected chi connectivity index (χ1v) is 9.46. The Hall–Kier alpha value is -3.19. The summed E-state index contributed by atoms with van der Waals surface area (Å²) in [5.41, 5.74) is 1.45. The molecule has 1 aliphatic rings. The number of phenolic OH excluding ortho intramolecular Hbond substituents is 1. The first-order valence-electron chi connectivity index (χ1n) is 9.46. The lowest BCUT2D eigenvalue weighted by Crippen LogP contribution is -2.33. The van der Waals surface area contributed by atoms with E-state index >= 15 is 0 Å². The van der Waals surface area contributed by atoms with Crippen LogP contribution in [-0.2, 0) is 11.3 Å². The minimum Gasteiger partial charge on any atom is -0.502 e. The molecule has 0 bridgehead atoms. The van der Waals surface area contributed by atoms with Gasteiger partial charge in [0, 0.05) is 12.1 Å². The summed E-state index contributed by atoms with van der Waals surface area (Å²) in [6, 6.07) is 3.38. The molecule has 1 saturated heterocycles. The fourth-order valence-electron chi connectivity index (χ4n) is 3.58. The number of benzene rings is 1. The fourth-order valence-corrected chi connectivity index (χ4v) is 3.58. The summed E-state index contributed by atoms with van der Waals surface area (Å²) in [6.07, 6.45) is -1.61. The van der Waals surface area contributed by atoms with Crippen molar-refractivity contribution in [2.75, 3.05) is 26.1 Å². The topological polar surface area (TPSA) is 164 Å². The number of ether oxygens (including phenoxy) is 3. The van der Waals surface area contributed by atoms with Crippen molar-refractivity contribution in [2.24, 2.45) is 0 Å². The van der Waals surface area contributed by atoms with Crippen LogP contribution in [0.25, 0.3) is 11.2 Å². The molecule has 12 nitrogen and oxygen atoms in total. The van der Waals surface area contributed by atoms with Gasteiger partial charge in [-0.25, -0.2) is 15.0 Å². The third kappa shape index (κ3) is 3.59. The van der Waals surface area contributed by atoms with Gasteiger partial charge in [-0.2, -0.15) is 0 Å². The zero-order valence-electron chi connectivity index (χ0n) is 16.8. The van der Waals surface area contributed by atoms with E-state index in [1.165, 1.54) is 31.4 Å². The number of anilines is 1. The normalized spacial score (nSPS) is 23.3. The van der Waals surface area contributed by atoms with Gasteiger partial charge in [-0.15, -0.1) is 0 Å². The number of fused-ring (bicyclic) bond motifs is 1. The van der Waals surface area contributed by atoms with Crippen LogP contribution in [0.5, 0.6) is 17.2 Å². The third-order valence-corrected chi connectivity index (χ3v) is 5.20. The fraction of sp³-hybridized carbons (Fsp3) is 0.421. The molecule has 4 atom stereocenters. The van der Waals surface area contributed by atoms with Crippen LogP contribution in [0.1, 0.15) is 11.8 Å². The number of methoxy groups -OCH3 is 2. The monoisotopic (exact) mass is 433 g/mol. The second-order valence-electron chi connectivity index (χ2n) is 6.94. The molecule has 2 aromatic heterocycles. The number of imidazole rings is 1. The SMILES string of the molecule is COc1ccc(CNc2ncnc3c2ncn3[C@@H]2O[C@H](CO)[C@@H](O)[C@H]2O)c(OC)c1O. The Balaban J connectivity index is 1.61. The third-order valence-electron chi connectivity index (χ3n) is 5.20. The molecule has 4 rings (SSSR count). The summed E-state index contributed by atoms with van der Waals surface area (Å²) in [6.45, 7) is -0.173. The maximum atomic E-state index is 10.3. The minimum atomic E-state index is -1.26. The molecule has 0 amide bonds. The number of aromatic nitrogens is 4. The standard InChI is InChI=1S/C19H23N5O7/c1-29-10-4-3-9(16(30-2)14(10)27)5-20-17-12-18(22-7-21-17)24(8-23-12)19-15(28)13(26)11(6-25)31-19/h3-4,7-8,11,13,15,19,25-28H,5-6H2,1-2H3,(H,20,21,22)/t11-,13-,15-,19-/m1/s1. The Morgan fingerprint density at radius 2 is 1.94 bits per heavy atom. The van der Waals surface area contributed by atoms with E-state index in [0.717, 1.165) is 0 Å². The quantitative estimate of drug-likeness (QED) is 0.334. The van der Waals surface area contributed by atoms with E-state index in [1.807, 2.05) is 0 Å². The molecule has 0 unspecified atom stereocenters. The number of aromatic hydroxyl groups is 1. The molecular weight excluding hydrogens is 410 g/mol. The number of hydrogen-bond acceptors (Lipinski definition) is 11. The van der Waals surface area contributed by atoms with Crippen LogP contribution < -0.4 is 14.8 Å². The number of aliphatic hydroxyl groups is 3. The molecule has 5 N–H and O–H groups in total. The molecule has 1 aliphatic heterocycles. The Bertz CT molecular complexity index is 1080. The van der Waals surface area contributed by atoms with Crippen molar-refractivity contribution in [1.82, 2.24) is 19.5 Å². The van der Waals surface area contributed by atoms with Crippen molar-refractivity contribution >= 4 is 17.0 Å². The Labute approximate surface area is 176 Å². The number of nitrogens with one attached hydrogen (secondary N) is 1. The van der Waals surface area contributed by atoms with Crippen molar-refractivity contribution in [3.05, 3.63) is 30.4 Å². The second-order valence-corrected chi connectivity index (χ2v) is 6.94. The van der Waals surface area contributed by atoms with E-state index in [-0.39, 0.29) is 18.0 Å². The molecule has 1 aromatic carbocycles. The van der Waals surface area contributed by atoms with Crippen molar-refractivity contribution in [2.45, 2.75) is 31.1 Å². The molecular formula is C19H23N5O7. The molecule has 0 radical (unpaired) electrons. The molecule has 31 heavy (non-hydrogen) atoms. The highest BCUT2D eigenvalue weighted by Gasteiger charge is 2.44. The number of hydrogen-bond donors (Lipinski definition) is 5. The van der Waals surface area contributed by atoms with Crippen molar-refractivity contribution < 1.29 is 34.6 Å². The molecule has 12 heteroatoms. The highest BCUT2D eigenvalue weighted by Crippen LogP contribution is 2.39. The Morgan fingerprint density at radius 1 is 1.13 bits per heavy atom. The van der Waals surface area contributed by atoms with Gasteiger partial charge < -0.3 is 40.0 Å². The molecule has 0 saturated carbocycles. The van der Waals surface area contributed by atoms with Crippen molar-refractivity contribution in [1.29, 1.82) is 0 Å². The predicted octanol–water partition coefficient (Wildman–Crippen LogP) is -0.227. The van der Waals surface area contributed by atoms with Gasteiger partial charge >= 0.3 is 0 Å². The summed E-state index contributed by atoms with van der Waals surface area (Å²) in [5.74, 6) is 0.870. The minimum absolute atomic E-state index is 0.106. The Morgan fingerprint density at radius 3 is 2.61 bits per heavy atom. The number of nitrogens with zero attached hydrogens (tertiary/aromatic N) is 4. The maximum Gasteiger partial charge on any atom is 0.201 e. The van der Waals surface area contributed by atoms with Gasteiger partial charge in [0.1, 0.15) is 24.6 Å². The molecule has 166 valence electrons. The first kappa shape index (κ1) is 21.1. The van der Waals surface area contributed by atoms with E-state index in [2.05, 4.69) is 20.3 Å². The lowest BCUT2D eigenvalue weighted by molar-refractivity contribution is -0.0511. The molecule has 0 spiro atoms. The van der Waals surface area contributed by atoms with Crippen LogP contribution in [0.3, 0.4) is 0 Å². The highest BCUT2D eigenvalue weighted by molar-refractivity contribution is 5.82. The smallest absolute Gasteiger partial charge is 0.201 e. The van der Waals surface area contributed by atoms with E-state index in [0.29, 0.717) is 28.3 Å². The van der Waals surface area contributed by atoms with Crippen LogP contribution in [0.15, 0.2) is 24.8 Å². The van der Waals surface area contributed by atoms with Gasteiger partial charge in [-0.1, -0.05) is 0 Å². The molecule has 3 heterocycles. The van der Waals surface area contributed by atoms with E-state index < -0.39 is 31.1 Å². The van der Waals surface area contributed by atoms with Gasteiger partial charge in [-0.05, 0) is 12.1 Å². The van der Waals surface area contributed by atoms with Crippen LogP contribution in [0.4, 0.5) is 5.82 Å². The van der Waals surface area contributed by atoms with Gasteiger partial charge in [0.2, 0.25) is 5.75 Å². The van der Waals surface area contributed by atoms with Crippen molar-refractivity contribution in [3.8, 4) is 17.2 Å². The van der Waals surface area contributed by atoms with Gasteiger partial charge in [0.25, 0.3) is 0 Å². The largest absolute Gasteiger partial charge is 0.502 e. The second kappa shape index (κ2) is 8.51. The summed E-state index contributed by atoms with van der Waals surface area (Å²) in [4.78, 5) is 12.7. The van der Waals surface area contributed by atoms with Gasteiger partial charge in [0.05, 0.1) is 27.2 Å². The Kier molecular flexibility index (Phi) is 5.78. The number of rotatable bonds is 7. The highest BCUT2D eigenvalue weighted by atomic mass is 16.6. The predicted molar refractivity (Wildman–Crippen MR) is 107 cm³/mol. The van der Waals surface area contributed by atoms with Crippen LogP contribution in [0, 0.1) is 0 Å². The summed E-state index contributed by atoms with van der Waals surface area (Å²) in [5, 5.41) is 43.0. The van der Waals surface area contributed by atoms with E-state index in [9.17, 15) is 20.4 Å². The molecule has 3 aromatic rings. The zero-order chi connectivity index (χ0) is 22.1. The summed E-state index contributed by atoms with van der Waals surface area (Å²) < 4.78 is 17.4. The number of phenols is 1. The van der Waals surface area contributed by atoms with Crippen molar-refractivity contribution in [3.63, 3.8) is 0 Å². The molecule has 1 fully saturated rings. The summed E-state index contributed by atoms with van der Waals surface area (Å²) in [7, 11) is 2.90. The average Bonchev–Trinajstić information content (AvgIpc) is 3.33. The summed E-state index contributed by atoms with van der Waals surface area (Å²) >= 11 is 0. The average molecular weight is 433 g/mol. The van der Waals surface area contributed by atoms with Gasteiger partial charge in [-0.3, -0.25) is 4.57 Å². The van der Waals surface area contributed by atoms with E-state index in [1.54, 1.807) is 12.1 Å². The van der Waals surface area contributed by atoms with Gasteiger partial charge in [0.15, 0.2) is 34.7 Å². The number of aliphatic hydroxyl groups excluding tert-OH is 3. The lowest BCUT2D eigenvalue weighted by atomic mass is 10.1. The van der Waals surface area contributed by atoms with Crippen LogP contribution in [-0.4, -0.2) is 79.1 Å². The van der Waals surface area contributed by atoms with E-state index in [4.69, 9.17) is 14.2 Å².